The molecule has 0 radical (unpaired) electrons. The Bertz CT molecular complexity index is 306. The summed E-state index contributed by atoms with van der Waals surface area (Å²) in [6, 6.07) is -0.947. The van der Waals surface area contributed by atoms with Gasteiger partial charge in [-0.15, -0.1) is 0 Å². The fourth-order valence-electron chi connectivity index (χ4n) is 2.34. The van der Waals surface area contributed by atoms with Gasteiger partial charge in [0.25, 0.3) is 0 Å². The third-order valence-corrected chi connectivity index (χ3v) is 3.10. The van der Waals surface area contributed by atoms with Crippen molar-refractivity contribution >= 4 is 11.9 Å². The summed E-state index contributed by atoms with van der Waals surface area (Å²) in [5.74, 6) is -0.723. The average molecular weight is 229 g/mol. The summed E-state index contributed by atoms with van der Waals surface area (Å²) in [6.45, 7) is 0.698. The summed E-state index contributed by atoms with van der Waals surface area (Å²) < 4.78 is 9.52. The number of likely N-dealkylation sites (tertiary alicyclic amines) is 1. The van der Waals surface area contributed by atoms with Crippen LogP contribution < -0.4 is 0 Å². The van der Waals surface area contributed by atoms with Crippen molar-refractivity contribution in [3.8, 4) is 0 Å². The summed E-state index contributed by atoms with van der Waals surface area (Å²) in [4.78, 5) is 24.6. The minimum atomic E-state index is -0.586. The van der Waals surface area contributed by atoms with E-state index in [-0.39, 0.29) is 5.97 Å². The van der Waals surface area contributed by atoms with E-state index in [4.69, 9.17) is 4.74 Å². The van der Waals surface area contributed by atoms with Crippen LogP contribution in [0.15, 0.2) is 0 Å². The summed E-state index contributed by atoms with van der Waals surface area (Å²) in [6.07, 6.45) is 0.299. The van der Waals surface area contributed by atoms with E-state index in [1.54, 1.807) is 4.90 Å². The van der Waals surface area contributed by atoms with Crippen LogP contribution in [0.5, 0.6) is 0 Å². The number of cyclic esters (lactones) is 1. The number of methoxy groups -OCH3 is 1. The van der Waals surface area contributed by atoms with Gasteiger partial charge in [0.15, 0.2) is 0 Å². The number of ether oxygens (including phenoxy) is 2. The van der Waals surface area contributed by atoms with Crippen LogP contribution in [0.2, 0.25) is 0 Å². The van der Waals surface area contributed by atoms with Gasteiger partial charge in [-0.05, 0) is 0 Å². The first-order valence-corrected chi connectivity index (χ1v) is 5.31. The highest BCUT2D eigenvalue weighted by atomic mass is 16.5. The van der Waals surface area contributed by atoms with Crippen LogP contribution in [-0.2, 0) is 19.1 Å². The molecule has 6 nitrogen and oxygen atoms in total. The van der Waals surface area contributed by atoms with Gasteiger partial charge in [-0.2, -0.15) is 0 Å². The SMILES string of the molecule is COC(=O)C1CC(O)CN1C1CCOC1=O. The van der Waals surface area contributed by atoms with E-state index in [1.165, 1.54) is 7.11 Å². The molecular weight excluding hydrogens is 214 g/mol. The van der Waals surface area contributed by atoms with Crippen LogP contribution in [-0.4, -0.2) is 60.4 Å². The summed E-state index contributed by atoms with van der Waals surface area (Å²) >= 11 is 0. The normalized spacial score (nSPS) is 35.1. The van der Waals surface area contributed by atoms with Crippen molar-refractivity contribution in [2.24, 2.45) is 0 Å². The Balaban J connectivity index is 2.11. The lowest BCUT2D eigenvalue weighted by Gasteiger charge is -2.25. The zero-order valence-corrected chi connectivity index (χ0v) is 9.09. The molecule has 3 atom stereocenters. The molecule has 0 aromatic heterocycles. The smallest absolute Gasteiger partial charge is 0.323 e. The Morgan fingerprint density at radius 3 is 2.94 bits per heavy atom. The molecule has 2 heterocycles. The minimum Gasteiger partial charge on any atom is -0.468 e. The molecule has 0 saturated carbocycles. The molecule has 90 valence electrons. The van der Waals surface area contributed by atoms with Crippen molar-refractivity contribution in [2.45, 2.75) is 31.0 Å². The highest BCUT2D eigenvalue weighted by molar-refractivity contribution is 5.81. The average Bonchev–Trinajstić information content (AvgIpc) is 2.83. The van der Waals surface area contributed by atoms with Gasteiger partial charge in [-0.3, -0.25) is 14.5 Å². The number of hydrogen-bond acceptors (Lipinski definition) is 6. The van der Waals surface area contributed by atoms with Crippen molar-refractivity contribution in [3.63, 3.8) is 0 Å². The third kappa shape index (κ3) is 1.90. The molecule has 2 rings (SSSR count). The van der Waals surface area contributed by atoms with E-state index >= 15 is 0 Å². The van der Waals surface area contributed by atoms with Crippen LogP contribution in [0.25, 0.3) is 0 Å². The van der Waals surface area contributed by atoms with Crippen LogP contribution in [0.4, 0.5) is 0 Å². The van der Waals surface area contributed by atoms with E-state index in [9.17, 15) is 14.7 Å². The number of aliphatic hydroxyl groups excluding tert-OH is 1. The Morgan fingerprint density at radius 1 is 1.62 bits per heavy atom. The standard InChI is InChI=1S/C10H15NO5/c1-15-9(13)8-4-6(12)5-11(8)7-2-3-16-10(7)14/h6-8,12H,2-5H2,1H3. The Kier molecular flexibility index (Phi) is 3.11. The van der Waals surface area contributed by atoms with Gasteiger partial charge >= 0.3 is 11.9 Å². The second-order valence-corrected chi connectivity index (χ2v) is 4.10. The molecule has 2 saturated heterocycles. The van der Waals surface area contributed by atoms with E-state index in [0.29, 0.717) is 26.0 Å². The van der Waals surface area contributed by atoms with Crippen LogP contribution in [0.3, 0.4) is 0 Å². The molecule has 2 fully saturated rings. The molecule has 0 spiro atoms. The summed E-state index contributed by atoms with van der Waals surface area (Å²) in [5.41, 5.74) is 0. The number of carbonyl (C=O) groups is 2. The summed E-state index contributed by atoms with van der Waals surface area (Å²) in [5, 5.41) is 9.56. The molecule has 0 aromatic rings. The topological polar surface area (TPSA) is 76.1 Å². The molecule has 6 heteroatoms. The Morgan fingerprint density at radius 2 is 2.38 bits per heavy atom. The molecule has 1 N–H and O–H groups in total. The number of hydrogen-bond donors (Lipinski definition) is 1. The molecule has 2 aliphatic heterocycles. The lowest BCUT2D eigenvalue weighted by Crippen LogP contribution is -2.46. The number of carbonyl (C=O) groups excluding carboxylic acids is 2. The predicted molar refractivity (Wildman–Crippen MR) is 52.5 cm³/mol. The number of rotatable bonds is 2. The fraction of sp³-hybridized carbons (Fsp3) is 0.800. The van der Waals surface area contributed by atoms with Crippen molar-refractivity contribution in [1.29, 1.82) is 0 Å². The van der Waals surface area contributed by atoms with Gasteiger partial charge < -0.3 is 14.6 Å². The monoisotopic (exact) mass is 229 g/mol. The van der Waals surface area contributed by atoms with E-state index in [2.05, 4.69) is 4.74 Å². The second kappa shape index (κ2) is 4.39. The number of nitrogens with zero attached hydrogens (tertiary/aromatic N) is 1. The van der Waals surface area contributed by atoms with Crippen LogP contribution >= 0.6 is 0 Å². The molecule has 0 amide bonds. The first-order valence-electron chi connectivity index (χ1n) is 5.31. The minimum absolute atomic E-state index is 0.316. The van der Waals surface area contributed by atoms with E-state index in [0.717, 1.165) is 0 Å². The molecule has 0 aliphatic carbocycles. The summed E-state index contributed by atoms with van der Waals surface area (Å²) in [7, 11) is 1.30. The lowest BCUT2D eigenvalue weighted by molar-refractivity contribution is -0.149. The van der Waals surface area contributed by atoms with Crippen molar-refractivity contribution < 1.29 is 24.2 Å². The Hall–Kier alpha value is -1.14. The number of esters is 2. The molecule has 2 aliphatic rings. The van der Waals surface area contributed by atoms with Gasteiger partial charge in [0.1, 0.15) is 12.1 Å². The van der Waals surface area contributed by atoms with Crippen molar-refractivity contribution in [3.05, 3.63) is 0 Å². The molecule has 0 bridgehead atoms. The largest absolute Gasteiger partial charge is 0.468 e. The van der Waals surface area contributed by atoms with Crippen LogP contribution in [0.1, 0.15) is 12.8 Å². The zero-order chi connectivity index (χ0) is 11.7. The Labute approximate surface area is 93.1 Å². The van der Waals surface area contributed by atoms with Gasteiger partial charge in [-0.25, -0.2) is 0 Å². The van der Waals surface area contributed by atoms with Crippen molar-refractivity contribution in [1.82, 2.24) is 4.90 Å². The first-order chi connectivity index (χ1) is 7.63. The third-order valence-electron chi connectivity index (χ3n) is 3.10. The van der Waals surface area contributed by atoms with E-state index < -0.39 is 24.2 Å². The molecular formula is C10H15NO5. The second-order valence-electron chi connectivity index (χ2n) is 4.10. The van der Waals surface area contributed by atoms with Gasteiger partial charge in [0.05, 0.1) is 19.8 Å². The molecule has 16 heavy (non-hydrogen) atoms. The maximum Gasteiger partial charge on any atom is 0.323 e. The van der Waals surface area contributed by atoms with E-state index in [1.807, 2.05) is 0 Å². The maximum absolute atomic E-state index is 11.5. The fourth-order valence-corrected chi connectivity index (χ4v) is 2.34. The predicted octanol–water partition coefficient (Wildman–Crippen LogP) is -1.09. The van der Waals surface area contributed by atoms with Gasteiger partial charge in [-0.1, -0.05) is 0 Å². The van der Waals surface area contributed by atoms with Crippen LogP contribution in [0, 0.1) is 0 Å². The van der Waals surface area contributed by atoms with Gasteiger partial charge in [0.2, 0.25) is 0 Å². The maximum atomic E-state index is 11.5. The molecule has 3 unspecified atom stereocenters. The lowest BCUT2D eigenvalue weighted by atomic mass is 10.1. The quantitative estimate of drug-likeness (QED) is 0.606. The zero-order valence-electron chi connectivity index (χ0n) is 9.09. The number of aliphatic hydroxyl groups is 1. The first kappa shape index (κ1) is 11.3. The number of β-amino-alcohol motifs (C(OH)–C–C–N with tert-alkyl or cyclic N) is 1. The van der Waals surface area contributed by atoms with Crippen molar-refractivity contribution in [2.75, 3.05) is 20.3 Å². The highest BCUT2D eigenvalue weighted by Gasteiger charge is 2.45. The highest BCUT2D eigenvalue weighted by Crippen LogP contribution is 2.26. The molecule has 0 aromatic carbocycles. The van der Waals surface area contributed by atoms with Gasteiger partial charge in [0, 0.05) is 19.4 Å².